The van der Waals surface area contributed by atoms with E-state index in [0.29, 0.717) is 18.1 Å². The summed E-state index contributed by atoms with van der Waals surface area (Å²) >= 11 is 0. The minimum Gasteiger partial charge on any atom is -0.340 e. The van der Waals surface area contributed by atoms with E-state index in [1.807, 2.05) is 33.8 Å². The molecule has 0 aromatic carbocycles. The number of hydrogen-bond donors (Lipinski definition) is 1. The van der Waals surface area contributed by atoms with Crippen molar-refractivity contribution in [1.29, 1.82) is 0 Å². The molecule has 3 aromatic rings. The second kappa shape index (κ2) is 5.75. The standard InChI is InChI=1S/C14H18N8O/c1-5-21-11(15-7-16-21)10(4)18-13(23)12-19-20-14-17-8(2)6-9(3)22(12)14/h6-7,10H,5H2,1-4H3,(H,18,23). The molecule has 1 N–H and O–H groups in total. The summed E-state index contributed by atoms with van der Waals surface area (Å²) in [4.78, 5) is 21.0. The van der Waals surface area contributed by atoms with E-state index >= 15 is 0 Å². The number of aryl methyl sites for hydroxylation is 3. The molecule has 120 valence electrons. The van der Waals surface area contributed by atoms with Crippen LogP contribution >= 0.6 is 0 Å². The van der Waals surface area contributed by atoms with Crippen LogP contribution in [0.1, 0.15) is 47.7 Å². The van der Waals surface area contributed by atoms with Gasteiger partial charge in [-0.3, -0.25) is 9.20 Å². The Balaban J connectivity index is 1.89. The van der Waals surface area contributed by atoms with Crippen molar-refractivity contribution in [3.05, 3.63) is 35.4 Å². The second-order valence-corrected chi connectivity index (χ2v) is 5.33. The number of fused-ring (bicyclic) bond motifs is 1. The molecule has 1 amide bonds. The van der Waals surface area contributed by atoms with Crippen LogP contribution in [0.2, 0.25) is 0 Å². The van der Waals surface area contributed by atoms with E-state index in [0.717, 1.165) is 11.4 Å². The second-order valence-electron chi connectivity index (χ2n) is 5.33. The van der Waals surface area contributed by atoms with Crippen molar-refractivity contribution in [2.24, 2.45) is 0 Å². The molecule has 0 aliphatic rings. The number of hydrogen-bond acceptors (Lipinski definition) is 6. The summed E-state index contributed by atoms with van der Waals surface area (Å²) in [6.45, 7) is 8.27. The van der Waals surface area contributed by atoms with Gasteiger partial charge in [0.25, 0.3) is 11.7 Å². The minimum atomic E-state index is -0.329. The maximum Gasteiger partial charge on any atom is 0.290 e. The molecule has 1 atom stereocenters. The lowest BCUT2D eigenvalue weighted by Crippen LogP contribution is -2.30. The Kier molecular flexibility index (Phi) is 3.77. The molecule has 23 heavy (non-hydrogen) atoms. The summed E-state index contributed by atoms with van der Waals surface area (Å²) in [5.41, 5.74) is 1.69. The third-order valence-electron chi connectivity index (χ3n) is 3.58. The van der Waals surface area contributed by atoms with Gasteiger partial charge < -0.3 is 5.32 Å². The maximum absolute atomic E-state index is 12.5. The number of nitrogens with zero attached hydrogens (tertiary/aromatic N) is 7. The molecule has 0 aliphatic heterocycles. The van der Waals surface area contributed by atoms with Crippen molar-refractivity contribution in [3.8, 4) is 0 Å². The van der Waals surface area contributed by atoms with Crippen molar-refractivity contribution >= 4 is 11.7 Å². The highest BCUT2D eigenvalue weighted by atomic mass is 16.2. The van der Waals surface area contributed by atoms with E-state index in [-0.39, 0.29) is 17.8 Å². The molecule has 3 aromatic heterocycles. The predicted molar refractivity (Wildman–Crippen MR) is 81.8 cm³/mol. The van der Waals surface area contributed by atoms with Crippen molar-refractivity contribution in [2.75, 3.05) is 0 Å². The Hall–Kier alpha value is -2.84. The number of rotatable bonds is 4. The van der Waals surface area contributed by atoms with Gasteiger partial charge in [-0.25, -0.2) is 14.6 Å². The Bertz CT molecular complexity index is 865. The van der Waals surface area contributed by atoms with Crippen molar-refractivity contribution in [1.82, 2.24) is 39.7 Å². The average molecular weight is 314 g/mol. The highest BCUT2D eigenvalue weighted by Crippen LogP contribution is 2.12. The third kappa shape index (κ3) is 2.65. The Labute approximate surface area is 132 Å². The van der Waals surface area contributed by atoms with Crippen LogP contribution < -0.4 is 5.32 Å². The van der Waals surface area contributed by atoms with E-state index in [1.54, 1.807) is 9.08 Å². The monoisotopic (exact) mass is 314 g/mol. The molecule has 0 fully saturated rings. The summed E-state index contributed by atoms with van der Waals surface area (Å²) < 4.78 is 3.38. The summed E-state index contributed by atoms with van der Waals surface area (Å²) in [5, 5.41) is 14.9. The largest absolute Gasteiger partial charge is 0.340 e. The molecular formula is C14H18N8O. The number of carbonyl (C=O) groups excluding carboxylic acids is 1. The quantitative estimate of drug-likeness (QED) is 0.765. The van der Waals surface area contributed by atoms with Crippen LogP contribution in [-0.2, 0) is 6.54 Å². The van der Waals surface area contributed by atoms with Crippen LogP contribution in [0.3, 0.4) is 0 Å². The van der Waals surface area contributed by atoms with E-state index in [9.17, 15) is 4.79 Å². The Morgan fingerprint density at radius 3 is 2.87 bits per heavy atom. The fourth-order valence-electron chi connectivity index (χ4n) is 2.56. The molecule has 3 rings (SSSR count). The first-order valence-corrected chi connectivity index (χ1v) is 7.39. The predicted octanol–water partition coefficient (Wildman–Crippen LogP) is 0.844. The zero-order valence-corrected chi connectivity index (χ0v) is 13.5. The number of aromatic nitrogens is 7. The van der Waals surface area contributed by atoms with Gasteiger partial charge in [-0.05, 0) is 33.8 Å². The van der Waals surface area contributed by atoms with Gasteiger partial charge in [0, 0.05) is 17.9 Å². The van der Waals surface area contributed by atoms with Crippen molar-refractivity contribution in [3.63, 3.8) is 0 Å². The number of amides is 1. The van der Waals surface area contributed by atoms with E-state index in [4.69, 9.17) is 0 Å². The summed E-state index contributed by atoms with van der Waals surface area (Å²) in [5.74, 6) is 0.987. The van der Waals surface area contributed by atoms with Crippen LogP contribution in [0.15, 0.2) is 12.4 Å². The molecule has 0 saturated heterocycles. The first-order valence-electron chi connectivity index (χ1n) is 7.39. The fourth-order valence-corrected chi connectivity index (χ4v) is 2.56. The molecular weight excluding hydrogens is 296 g/mol. The van der Waals surface area contributed by atoms with Gasteiger partial charge in [-0.15, -0.1) is 10.2 Å². The SMILES string of the molecule is CCn1ncnc1C(C)NC(=O)c1nnc2nc(C)cc(C)n12. The zero-order valence-electron chi connectivity index (χ0n) is 13.5. The van der Waals surface area contributed by atoms with Gasteiger partial charge >= 0.3 is 0 Å². The lowest BCUT2D eigenvalue weighted by Gasteiger charge is -2.13. The number of nitrogens with one attached hydrogen (secondary N) is 1. The number of carbonyl (C=O) groups is 1. The molecule has 0 radical (unpaired) electrons. The van der Waals surface area contributed by atoms with Gasteiger partial charge in [0.05, 0.1) is 6.04 Å². The lowest BCUT2D eigenvalue weighted by atomic mass is 10.3. The summed E-state index contributed by atoms with van der Waals surface area (Å²) in [7, 11) is 0. The Morgan fingerprint density at radius 2 is 2.13 bits per heavy atom. The summed E-state index contributed by atoms with van der Waals surface area (Å²) in [6, 6.07) is 1.58. The van der Waals surface area contributed by atoms with Crippen LogP contribution in [0.4, 0.5) is 0 Å². The highest BCUT2D eigenvalue weighted by molar-refractivity contribution is 5.91. The molecule has 3 heterocycles. The normalized spacial score (nSPS) is 12.5. The van der Waals surface area contributed by atoms with Crippen molar-refractivity contribution in [2.45, 2.75) is 40.3 Å². The molecule has 9 nitrogen and oxygen atoms in total. The van der Waals surface area contributed by atoms with Crippen LogP contribution in [0.25, 0.3) is 5.78 Å². The highest BCUT2D eigenvalue weighted by Gasteiger charge is 2.21. The topological polar surface area (TPSA) is 103 Å². The molecule has 1 unspecified atom stereocenters. The van der Waals surface area contributed by atoms with Crippen molar-refractivity contribution < 1.29 is 4.79 Å². The first-order chi connectivity index (χ1) is 11.0. The smallest absolute Gasteiger partial charge is 0.290 e. The van der Waals surface area contributed by atoms with Gasteiger partial charge in [0.15, 0.2) is 0 Å². The zero-order chi connectivity index (χ0) is 16.6. The van der Waals surface area contributed by atoms with E-state index in [1.165, 1.54) is 6.33 Å². The fraction of sp³-hybridized carbons (Fsp3) is 0.429. The summed E-state index contributed by atoms with van der Waals surface area (Å²) in [6.07, 6.45) is 1.48. The van der Waals surface area contributed by atoms with Gasteiger partial charge in [-0.1, -0.05) is 0 Å². The van der Waals surface area contributed by atoms with Crippen LogP contribution in [0.5, 0.6) is 0 Å². The molecule has 0 spiro atoms. The molecule has 0 saturated carbocycles. The lowest BCUT2D eigenvalue weighted by molar-refractivity contribution is 0.0925. The van der Waals surface area contributed by atoms with Crippen LogP contribution in [0, 0.1) is 13.8 Å². The van der Waals surface area contributed by atoms with Crippen LogP contribution in [-0.4, -0.2) is 40.3 Å². The van der Waals surface area contributed by atoms with Gasteiger partial charge in [-0.2, -0.15) is 5.10 Å². The van der Waals surface area contributed by atoms with E-state index < -0.39 is 0 Å². The van der Waals surface area contributed by atoms with Gasteiger partial charge in [0.2, 0.25) is 5.82 Å². The van der Waals surface area contributed by atoms with E-state index in [2.05, 4.69) is 30.6 Å². The van der Waals surface area contributed by atoms with Gasteiger partial charge in [0.1, 0.15) is 12.2 Å². The maximum atomic E-state index is 12.5. The molecule has 0 bridgehead atoms. The third-order valence-corrected chi connectivity index (χ3v) is 3.58. The average Bonchev–Trinajstić information content (AvgIpc) is 3.12. The minimum absolute atomic E-state index is 0.208. The Morgan fingerprint density at radius 1 is 1.35 bits per heavy atom. The first kappa shape index (κ1) is 15.1. The molecule has 0 aliphatic carbocycles. The molecule has 9 heteroatoms.